The minimum atomic E-state index is -0.701. The third kappa shape index (κ3) is 5.13. The van der Waals surface area contributed by atoms with Gasteiger partial charge in [-0.05, 0) is 61.9 Å². The minimum Gasteiger partial charge on any atom is -0.465 e. The summed E-state index contributed by atoms with van der Waals surface area (Å²) in [4.78, 5) is 52.5. The van der Waals surface area contributed by atoms with Crippen LogP contribution in [-0.2, 0) is 19.1 Å². The van der Waals surface area contributed by atoms with E-state index in [1.165, 1.54) is 59.9 Å². The van der Waals surface area contributed by atoms with Crippen molar-refractivity contribution < 1.29 is 33.4 Å². The second-order valence-electron chi connectivity index (χ2n) is 8.49. The molecule has 0 bridgehead atoms. The van der Waals surface area contributed by atoms with Gasteiger partial charge in [0.25, 0.3) is 5.91 Å². The van der Waals surface area contributed by atoms with E-state index in [1.807, 2.05) is 19.1 Å². The largest absolute Gasteiger partial charge is 0.465 e. The van der Waals surface area contributed by atoms with Gasteiger partial charge in [0.1, 0.15) is 5.75 Å². The summed E-state index contributed by atoms with van der Waals surface area (Å²) in [6.07, 6.45) is 0. The molecule has 0 N–H and O–H groups in total. The number of ether oxygens (including phenoxy) is 3. The maximum absolute atomic E-state index is 13.6. The molecule has 2 heterocycles. The van der Waals surface area contributed by atoms with Crippen molar-refractivity contribution in [2.24, 2.45) is 5.10 Å². The normalized spacial score (nSPS) is 15.9. The molecule has 11 heteroatoms. The van der Waals surface area contributed by atoms with E-state index in [2.05, 4.69) is 5.10 Å². The van der Waals surface area contributed by atoms with Crippen molar-refractivity contribution in [1.82, 2.24) is 0 Å². The average Bonchev–Trinajstić information content (AvgIpc) is 3.57. The first-order valence-electron chi connectivity index (χ1n) is 12.1. The van der Waals surface area contributed by atoms with Gasteiger partial charge in [-0.25, -0.2) is 14.4 Å². The van der Waals surface area contributed by atoms with E-state index < -0.39 is 23.8 Å². The highest BCUT2D eigenvalue weighted by atomic mass is 32.2. The molecule has 3 aromatic rings. The molecule has 2 aliphatic rings. The maximum Gasteiger partial charge on any atom is 0.359 e. The molecule has 0 radical (unpaired) electrons. The lowest BCUT2D eigenvalue weighted by Gasteiger charge is -2.11. The summed E-state index contributed by atoms with van der Waals surface area (Å²) in [5.41, 5.74) is 2.02. The number of amides is 1. The van der Waals surface area contributed by atoms with E-state index in [1.54, 1.807) is 37.3 Å². The van der Waals surface area contributed by atoms with Gasteiger partial charge in [-0.3, -0.25) is 4.79 Å². The zero-order valence-corrected chi connectivity index (χ0v) is 23.3. The van der Waals surface area contributed by atoms with E-state index >= 15 is 0 Å². The Morgan fingerprint density at radius 2 is 1.50 bits per heavy atom. The molecule has 0 unspecified atom stereocenters. The van der Waals surface area contributed by atoms with Crippen LogP contribution in [0.4, 0.5) is 5.69 Å². The Balaban J connectivity index is 1.47. The number of methoxy groups -OCH3 is 1. The summed E-state index contributed by atoms with van der Waals surface area (Å²) >= 11 is 2.54. The van der Waals surface area contributed by atoms with Crippen molar-refractivity contribution in [2.75, 3.05) is 18.7 Å². The summed E-state index contributed by atoms with van der Waals surface area (Å²) in [6, 6.07) is 18.2. The number of rotatable bonds is 6. The minimum absolute atomic E-state index is 0.0830. The van der Waals surface area contributed by atoms with Crippen molar-refractivity contribution in [1.29, 1.82) is 0 Å². The number of esters is 3. The fourth-order valence-electron chi connectivity index (χ4n) is 3.95. The number of carbonyl (C=O) groups excluding carboxylic acids is 4. The molecule has 202 valence electrons. The molecule has 5 rings (SSSR count). The molecular weight excluding hydrogens is 552 g/mol. The van der Waals surface area contributed by atoms with Crippen LogP contribution in [0.2, 0.25) is 0 Å². The number of thioether (sulfide) groups is 2. The Bertz CT molecular complexity index is 1600. The molecule has 0 saturated carbocycles. The van der Waals surface area contributed by atoms with Gasteiger partial charge in [0.05, 0.1) is 45.2 Å². The van der Waals surface area contributed by atoms with Gasteiger partial charge in [-0.1, -0.05) is 47.8 Å². The first-order chi connectivity index (χ1) is 19.3. The third-order valence-corrected chi connectivity index (χ3v) is 8.67. The predicted molar refractivity (Wildman–Crippen MR) is 151 cm³/mol. The van der Waals surface area contributed by atoms with Crippen molar-refractivity contribution in [3.05, 3.63) is 93.2 Å². The van der Waals surface area contributed by atoms with Crippen LogP contribution in [0.3, 0.4) is 0 Å². The molecule has 9 nitrogen and oxygen atoms in total. The summed E-state index contributed by atoms with van der Waals surface area (Å²) in [6.45, 7) is 3.71. The van der Waals surface area contributed by atoms with E-state index in [4.69, 9.17) is 14.2 Å². The molecule has 3 aromatic carbocycles. The number of nitrogens with zero attached hydrogens (tertiary/aromatic N) is 2. The van der Waals surface area contributed by atoms with Gasteiger partial charge >= 0.3 is 17.9 Å². The highest BCUT2D eigenvalue weighted by molar-refractivity contribution is 8.24. The van der Waals surface area contributed by atoms with Crippen LogP contribution in [0.15, 0.2) is 91.4 Å². The number of aryl methyl sites for hydroxylation is 1. The Morgan fingerprint density at radius 1 is 0.850 bits per heavy atom. The van der Waals surface area contributed by atoms with Crippen molar-refractivity contribution in [3.8, 4) is 5.75 Å². The van der Waals surface area contributed by atoms with Gasteiger partial charge in [-0.2, -0.15) is 10.1 Å². The van der Waals surface area contributed by atoms with E-state index in [9.17, 15) is 19.2 Å². The zero-order valence-electron chi connectivity index (χ0n) is 21.6. The second kappa shape index (κ2) is 11.4. The molecule has 1 amide bonds. The number of hydrogen-bond acceptors (Lipinski definition) is 10. The standard InChI is InChI=1S/C29H22N2O7S2/c1-4-37-28(35)22-21(25(32)31(30-22)19-8-6-5-7-9-19)29-39-23-16(2)10-15-20(24(23)40-29)38-27(34)18-13-11-17(12-14-18)26(33)36-3/h5-15H,4H2,1-3H3/b29-21-. The molecule has 0 aliphatic carbocycles. The number of hydrogen-bond donors (Lipinski definition) is 0. The number of anilines is 1. The number of carbonyl (C=O) groups is 4. The number of para-hydroxylation sites is 1. The quantitative estimate of drug-likeness (QED) is 0.218. The maximum atomic E-state index is 13.6. The van der Waals surface area contributed by atoms with Crippen molar-refractivity contribution >= 4 is 58.7 Å². The molecule has 0 saturated heterocycles. The van der Waals surface area contributed by atoms with Crippen LogP contribution in [0, 0.1) is 6.92 Å². The van der Waals surface area contributed by atoms with Crippen LogP contribution in [-0.4, -0.2) is 43.2 Å². The monoisotopic (exact) mass is 574 g/mol. The Morgan fingerprint density at radius 3 is 2.15 bits per heavy atom. The molecule has 0 atom stereocenters. The number of hydrazone groups is 1. The first kappa shape index (κ1) is 27.2. The third-order valence-electron chi connectivity index (χ3n) is 5.92. The molecule has 2 aliphatic heterocycles. The Labute approximate surface area is 238 Å². The van der Waals surface area contributed by atoms with Gasteiger partial charge in [-0.15, -0.1) is 0 Å². The molecule has 0 fully saturated rings. The van der Waals surface area contributed by atoms with Crippen LogP contribution < -0.4 is 9.75 Å². The number of benzene rings is 3. The lowest BCUT2D eigenvalue weighted by molar-refractivity contribution is -0.135. The van der Waals surface area contributed by atoms with Crippen LogP contribution in [0.5, 0.6) is 5.75 Å². The zero-order chi connectivity index (χ0) is 28.4. The van der Waals surface area contributed by atoms with Crippen LogP contribution >= 0.6 is 23.5 Å². The summed E-state index contributed by atoms with van der Waals surface area (Å²) < 4.78 is 16.2. The lowest BCUT2D eigenvalue weighted by Crippen LogP contribution is -2.23. The number of fused-ring (bicyclic) bond motifs is 1. The van der Waals surface area contributed by atoms with Crippen molar-refractivity contribution in [3.63, 3.8) is 0 Å². The van der Waals surface area contributed by atoms with E-state index in [-0.39, 0.29) is 23.5 Å². The summed E-state index contributed by atoms with van der Waals surface area (Å²) in [5, 5.41) is 5.51. The van der Waals surface area contributed by atoms with Gasteiger partial charge in [0, 0.05) is 4.90 Å². The summed E-state index contributed by atoms with van der Waals surface area (Å²) in [7, 11) is 1.28. The van der Waals surface area contributed by atoms with Gasteiger partial charge in [0.2, 0.25) is 0 Å². The smallest absolute Gasteiger partial charge is 0.359 e. The van der Waals surface area contributed by atoms with Gasteiger partial charge in [0.15, 0.2) is 5.71 Å². The Kier molecular flexibility index (Phi) is 7.76. The molecule has 40 heavy (non-hydrogen) atoms. The second-order valence-corrected chi connectivity index (χ2v) is 10.8. The van der Waals surface area contributed by atoms with Gasteiger partial charge < -0.3 is 14.2 Å². The fourth-order valence-corrected chi connectivity index (χ4v) is 6.69. The van der Waals surface area contributed by atoms with Crippen LogP contribution in [0.25, 0.3) is 0 Å². The predicted octanol–water partition coefficient (Wildman–Crippen LogP) is 5.38. The van der Waals surface area contributed by atoms with Crippen LogP contribution in [0.1, 0.15) is 33.2 Å². The average molecular weight is 575 g/mol. The Hall–Kier alpha value is -4.35. The van der Waals surface area contributed by atoms with E-state index in [0.717, 1.165) is 10.5 Å². The SMILES string of the molecule is CCOC(=O)C1=NN(c2ccccc2)C(=O)/C1=C1/Sc2c(C)ccc(OC(=O)c3ccc(C(=O)OC)cc3)c2S1. The molecule has 0 spiro atoms. The highest BCUT2D eigenvalue weighted by Gasteiger charge is 2.41. The molecular formula is C29H22N2O7S2. The lowest BCUT2D eigenvalue weighted by atomic mass is 10.1. The topological polar surface area (TPSA) is 112 Å². The van der Waals surface area contributed by atoms with Crippen molar-refractivity contribution in [2.45, 2.75) is 23.6 Å². The summed E-state index contributed by atoms with van der Waals surface area (Å²) in [5.74, 6) is -1.99. The highest BCUT2D eigenvalue weighted by Crippen LogP contribution is 2.57. The fraction of sp³-hybridized carbons (Fsp3) is 0.138. The molecule has 0 aromatic heterocycles. The van der Waals surface area contributed by atoms with E-state index in [0.29, 0.717) is 26.1 Å². The first-order valence-corrected chi connectivity index (χ1v) is 13.8.